The van der Waals surface area contributed by atoms with Crippen molar-refractivity contribution < 1.29 is 9.84 Å². The lowest BCUT2D eigenvalue weighted by Crippen LogP contribution is -2.31. The highest BCUT2D eigenvalue weighted by molar-refractivity contribution is 5.80. The third-order valence-corrected chi connectivity index (χ3v) is 2.76. The zero-order valence-corrected chi connectivity index (χ0v) is 12.2. The van der Waals surface area contributed by atoms with E-state index < -0.39 is 0 Å². The minimum absolute atomic E-state index is 0.0320. The quantitative estimate of drug-likeness (QED) is 0.776. The van der Waals surface area contributed by atoms with Crippen molar-refractivity contribution in [3.8, 4) is 5.75 Å². The Bertz CT molecular complexity index is 476. The van der Waals surface area contributed by atoms with Gasteiger partial charge in [0.2, 0.25) is 0 Å². The molecule has 0 aromatic heterocycles. The van der Waals surface area contributed by atoms with Gasteiger partial charge in [-0.1, -0.05) is 12.7 Å². The van der Waals surface area contributed by atoms with Crippen LogP contribution in [0.5, 0.6) is 5.75 Å². The van der Waals surface area contributed by atoms with Crippen LogP contribution in [0.25, 0.3) is 5.57 Å². The topological polar surface area (TPSA) is 41.5 Å². The van der Waals surface area contributed by atoms with Crippen LogP contribution in [0.2, 0.25) is 0 Å². The highest BCUT2D eigenvalue weighted by Gasteiger charge is 2.22. The van der Waals surface area contributed by atoms with E-state index in [9.17, 15) is 0 Å². The van der Waals surface area contributed by atoms with E-state index >= 15 is 0 Å². The van der Waals surface area contributed by atoms with E-state index in [1.807, 2.05) is 13.0 Å². The largest absolute Gasteiger partial charge is 0.516 e. The molecule has 1 aliphatic rings. The molecule has 0 aliphatic carbocycles. The molecule has 0 amide bonds. The number of aliphatic hydroxyl groups is 1. The number of allylic oxidation sites excluding steroid dienone is 1. The van der Waals surface area contributed by atoms with Crippen molar-refractivity contribution in [3.05, 3.63) is 42.7 Å². The maximum absolute atomic E-state index is 7.33. The lowest BCUT2D eigenvalue weighted by Gasteiger charge is -2.31. The molecular weight excluding hydrogens is 238 g/mol. The second-order valence-electron chi connectivity index (χ2n) is 5.00. The summed E-state index contributed by atoms with van der Waals surface area (Å²) in [5.74, 6) is 0.940. The summed E-state index contributed by atoms with van der Waals surface area (Å²) in [5.41, 5.74) is 3.77. The molecule has 0 bridgehead atoms. The Morgan fingerprint density at radius 2 is 2.05 bits per heavy atom. The van der Waals surface area contributed by atoms with Crippen molar-refractivity contribution in [1.29, 1.82) is 0 Å². The van der Waals surface area contributed by atoms with Gasteiger partial charge in [-0.15, -0.1) is 0 Å². The van der Waals surface area contributed by atoms with E-state index in [0.29, 0.717) is 6.61 Å². The third-order valence-electron chi connectivity index (χ3n) is 2.76. The zero-order valence-electron chi connectivity index (χ0n) is 12.2. The average molecular weight is 261 g/mol. The molecule has 0 atom stereocenters. The van der Waals surface area contributed by atoms with Crippen LogP contribution in [-0.4, -0.2) is 17.3 Å². The van der Waals surface area contributed by atoms with Crippen LogP contribution in [0.3, 0.4) is 0 Å². The summed E-state index contributed by atoms with van der Waals surface area (Å²) in [4.78, 5) is 0. The van der Waals surface area contributed by atoms with Crippen molar-refractivity contribution >= 4 is 11.3 Å². The Kier molecular flexibility index (Phi) is 5.04. The fourth-order valence-electron chi connectivity index (χ4n) is 2.22. The maximum atomic E-state index is 7.33. The molecule has 2 rings (SSSR count). The van der Waals surface area contributed by atoms with E-state index in [0.717, 1.165) is 12.0 Å². The summed E-state index contributed by atoms with van der Waals surface area (Å²) < 4.78 is 5.52. The lowest BCUT2D eigenvalue weighted by atomic mass is 9.91. The van der Waals surface area contributed by atoms with Gasteiger partial charge < -0.3 is 15.2 Å². The summed E-state index contributed by atoms with van der Waals surface area (Å²) in [6.07, 6.45) is 3.01. The zero-order chi connectivity index (χ0) is 14.5. The molecule has 0 saturated carbocycles. The Hall–Kier alpha value is -1.90. The van der Waals surface area contributed by atoms with E-state index in [1.54, 1.807) is 0 Å². The van der Waals surface area contributed by atoms with Crippen LogP contribution in [0.4, 0.5) is 5.69 Å². The van der Waals surface area contributed by atoms with Gasteiger partial charge in [0.25, 0.3) is 0 Å². The van der Waals surface area contributed by atoms with Gasteiger partial charge in [0, 0.05) is 11.3 Å². The first-order valence-electron chi connectivity index (χ1n) is 6.43. The third kappa shape index (κ3) is 4.05. The molecule has 0 radical (unpaired) electrons. The van der Waals surface area contributed by atoms with Gasteiger partial charge in [0.1, 0.15) is 5.75 Å². The van der Waals surface area contributed by atoms with Crippen molar-refractivity contribution in [2.75, 3.05) is 11.9 Å². The number of rotatable bonds is 2. The maximum Gasteiger partial charge on any atom is 0.120 e. The van der Waals surface area contributed by atoms with Gasteiger partial charge in [-0.3, -0.25) is 0 Å². The van der Waals surface area contributed by atoms with Crippen LogP contribution in [-0.2, 0) is 0 Å². The van der Waals surface area contributed by atoms with Gasteiger partial charge in [0.05, 0.1) is 18.4 Å². The minimum Gasteiger partial charge on any atom is -0.516 e. The van der Waals surface area contributed by atoms with Crippen LogP contribution < -0.4 is 10.1 Å². The second kappa shape index (κ2) is 6.32. The molecule has 1 heterocycles. The number of hydrogen-bond acceptors (Lipinski definition) is 3. The smallest absolute Gasteiger partial charge is 0.120 e. The van der Waals surface area contributed by atoms with Gasteiger partial charge in [0.15, 0.2) is 0 Å². The number of anilines is 1. The van der Waals surface area contributed by atoms with E-state index in [1.165, 1.54) is 16.8 Å². The summed E-state index contributed by atoms with van der Waals surface area (Å²) in [6.45, 7) is 12.1. The van der Waals surface area contributed by atoms with Crippen LogP contribution in [0, 0.1) is 0 Å². The van der Waals surface area contributed by atoms with Gasteiger partial charge >= 0.3 is 0 Å². The number of hydrogen-bond donors (Lipinski definition) is 2. The standard InChI is InChI=1S/C14H19NO.C2H4O/c1-5-16-11-6-7-13-12(8-11)10(2)9-14(3,4)15-13;1-2-3/h6-9,15H,5H2,1-4H3;2-3H,1H2. The molecule has 19 heavy (non-hydrogen) atoms. The predicted octanol–water partition coefficient (Wildman–Crippen LogP) is 4.38. The Labute approximate surface area is 115 Å². The van der Waals surface area contributed by atoms with Gasteiger partial charge in [-0.05, 0) is 51.5 Å². The fraction of sp³-hybridized carbons (Fsp3) is 0.375. The van der Waals surface area contributed by atoms with Crippen LogP contribution in [0.15, 0.2) is 37.1 Å². The summed E-state index contributed by atoms with van der Waals surface area (Å²) in [7, 11) is 0. The molecule has 3 heteroatoms. The first kappa shape index (κ1) is 15.2. The van der Waals surface area contributed by atoms with Crippen molar-refractivity contribution in [1.82, 2.24) is 0 Å². The number of benzene rings is 1. The van der Waals surface area contributed by atoms with Gasteiger partial charge in [-0.25, -0.2) is 0 Å². The Balaban J connectivity index is 0.000000550. The van der Waals surface area contributed by atoms with Crippen molar-refractivity contribution in [3.63, 3.8) is 0 Å². The number of fused-ring (bicyclic) bond motifs is 1. The molecule has 0 unspecified atom stereocenters. The number of nitrogens with one attached hydrogen (secondary N) is 1. The van der Waals surface area contributed by atoms with Crippen molar-refractivity contribution in [2.24, 2.45) is 0 Å². The molecular formula is C16H23NO2. The first-order chi connectivity index (χ1) is 8.93. The van der Waals surface area contributed by atoms with E-state index in [-0.39, 0.29) is 5.54 Å². The van der Waals surface area contributed by atoms with Crippen LogP contribution in [0.1, 0.15) is 33.3 Å². The number of aliphatic hydroxyl groups excluding tert-OH is 1. The molecule has 0 spiro atoms. The molecule has 1 aliphatic heterocycles. The minimum atomic E-state index is 0.0320. The molecule has 1 aromatic rings. The molecule has 3 nitrogen and oxygen atoms in total. The highest BCUT2D eigenvalue weighted by Crippen LogP contribution is 2.35. The summed E-state index contributed by atoms with van der Waals surface area (Å²) in [6, 6.07) is 6.22. The van der Waals surface area contributed by atoms with Crippen LogP contribution >= 0.6 is 0 Å². The summed E-state index contributed by atoms with van der Waals surface area (Å²) >= 11 is 0. The molecule has 0 fully saturated rings. The van der Waals surface area contributed by atoms with E-state index in [4.69, 9.17) is 9.84 Å². The average Bonchev–Trinajstić information content (AvgIpc) is 2.30. The number of ether oxygens (including phenoxy) is 1. The molecule has 2 N–H and O–H groups in total. The molecule has 1 aromatic carbocycles. The second-order valence-corrected chi connectivity index (χ2v) is 5.00. The van der Waals surface area contributed by atoms with Crippen molar-refractivity contribution in [2.45, 2.75) is 33.2 Å². The monoisotopic (exact) mass is 261 g/mol. The lowest BCUT2D eigenvalue weighted by molar-refractivity contribution is 0.340. The highest BCUT2D eigenvalue weighted by atomic mass is 16.5. The summed E-state index contributed by atoms with van der Waals surface area (Å²) in [5, 5.41) is 10.8. The van der Waals surface area contributed by atoms with E-state index in [2.05, 4.69) is 50.9 Å². The predicted molar refractivity (Wildman–Crippen MR) is 81.8 cm³/mol. The normalized spacial score (nSPS) is 15.1. The molecule has 0 saturated heterocycles. The fourth-order valence-corrected chi connectivity index (χ4v) is 2.22. The SMILES string of the molecule is C=CO.CCOc1ccc2c(c1)C(C)=CC(C)(C)N2. The Morgan fingerprint density at radius 1 is 1.42 bits per heavy atom. The Morgan fingerprint density at radius 3 is 2.63 bits per heavy atom. The van der Waals surface area contributed by atoms with Gasteiger partial charge in [-0.2, -0.15) is 0 Å². The first-order valence-corrected chi connectivity index (χ1v) is 6.43. The molecule has 104 valence electrons.